The zero-order chi connectivity index (χ0) is 4.83. The topological polar surface area (TPSA) is 29.4 Å². The summed E-state index contributed by atoms with van der Waals surface area (Å²) in [5.74, 6) is 0. The predicted octanol–water partition coefficient (Wildman–Crippen LogP) is 1.09. The maximum Gasteiger partial charge on any atom is 0.107 e. The summed E-state index contributed by atoms with van der Waals surface area (Å²) in [6.45, 7) is 3.40. The van der Waals surface area contributed by atoms with Crippen molar-refractivity contribution in [2.24, 2.45) is 5.18 Å². The molecule has 0 atom stereocenters. The molecule has 0 spiro atoms. The van der Waals surface area contributed by atoms with Gasteiger partial charge in [-0.3, -0.25) is 0 Å². The van der Waals surface area contributed by atoms with Crippen LogP contribution < -0.4 is 0 Å². The highest BCUT2D eigenvalue weighted by Crippen LogP contribution is 1.64. The molecule has 0 aliphatic rings. The lowest BCUT2D eigenvalue weighted by Crippen LogP contribution is -1.59. The van der Waals surface area contributed by atoms with Crippen molar-refractivity contribution in [1.29, 1.82) is 0 Å². The number of hydrogen-bond donors (Lipinski definition) is 0. The number of nitroso groups, excluding NO2 is 1. The fraction of sp³-hybridized carbons (Fsp3) is 0.250. The average molecular weight is 83.1 g/mol. The second kappa shape index (κ2) is 4.12. The third-order valence-corrected chi connectivity index (χ3v) is 0.310. The van der Waals surface area contributed by atoms with E-state index in [1.165, 1.54) is 6.08 Å². The molecule has 0 aromatic rings. The van der Waals surface area contributed by atoms with E-state index in [9.17, 15) is 4.91 Å². The second-order valence-corrected chi connectivity index (χ2v) is 0.720. The number of nitrogens with zero attached hydrogens (tertiary/aromatic N) is 1. The van der Waals surface area contributed by atoms with Crippen LogP contribution in [0.5, 0.6) is 0 Å². The Morgan fingerprint density at radius 2 is 2.67 bits per heavy atom. The van der Waals surface area contributed by atoms with Crippen molar-refractivity contribution in [3.8, 4) is 0 Å². The van der Waals surface area contributed by atoms with Gasteiger partial charge in [0.2, 0.25) is 0 Å². The Balaban J connectivity index is 3.07. The first kappa shape index (κ1) is 5.12. The molecule has 0 aromatic carbocycles. The fourth-order valence-corrected chi connectivity index (χ4v) is 0.102. The molecule has 32 valence electrons. The van der Waals surface area contributed by atoms with Crippen molar-refractivity contribution in [2.75, 3.05) is 6.54 Å². The van der Waals surface area contributed by atoms with Crippen LogP contribution in [-0.4, -0.2) is 6.54 Å². The van der Waals surface area contributed by atoms with Crippen molar-refractivity contribution in [1.82, 2.24) is 0 Å². The molecular formula is C4H5NO. The molecule has 0 fully saturated rings. The number of rotatable bonds is 2. The summed E-state index contributed by atoms with van der Waals surface area (Å²) in [4.78, 5) is 9.21. The highest BCUT2D eigenvalue weighted by Gasteiger charge is 1.61. The standard InChI is InChI=1S/C4H5NO/c1-2-3-4-5-6/h3H,1,4H2. The van der Waals surface area contributed by atoms with E-state index in [-0.39, 0.29) is 6.54 Å². The Labute approximate surface area is 36.1 Å². The zero-order valence-corrected chi connectivity index (χ0v) is 3.35. The van der Waals surface area contributed by atoms with Gasteiger partial charge in [-0.15, -0.1) is 5.73 Å². The van der Waals surface area contributed by atoms with Crippen LogP contribution in [0, 0.1) is 4.91 Å². The van der Waals surface area contributed by atoms with Gasteiger partial charge in [0, 0.05) is 0 Å². The van der Waals surface area contributed by atoms with Gasteiger partial charge in [-0.25, -0.2) is 0 Å². The summed E-state index contributed by atoms with van der Waals surface area (Å²) in [6.07, 6.45) is 1.47. The predicted molar refractivity (Wildman–Crippen MR) is 24.4 cm³/mol. The Bertz CT molecular complexity index is 81.5. The molecule has 0 bridgehead atoms. The van der Waals surface area contributed by atoms with E-state index in [2.05, 4.69) is 17.5 Å². The maximum atomic E-state index is 9.21. The van der Waals surface area contributed by atoms with Gasteiger partial charge < -0.3 is 0 Å². The quantitative estimate of drug-likeness (QED) is 0.363. The first-order valence-electron chi connectivity index (χ1n) is 1.55. The molecule has 0 heterocycles. The van der Waals surface area contributed by atoms with Crippen LogP contribution in [0.2, 0.25) is 0 Å². The van der Waals surface area contributed by atoms with Crippen molar-refractivity contribution < 1.29 is 0 Å². The molecule has 2 nitrogen and oxygen atoms in total. The van der Waals surface area contributed by atoms with Crippen molar-refractivity contribution >= 4 is 0 Å². The van der Waals surface area contributed by atoms with Gasteiger partial charge in [-0.05, 0) is 6.08 Å². The smallest absolute Gasteiger partial charge is 0.107 e. The monoisotopic (exact) mass is 83.0 g/mol. The van der Waals surface area contributed by atoms with Crippen LogP contribution in [0.3, 0.4) is 0 Å². The minimum atomic E-state index is 0.184. The molecule has 0 unspecified atom stereocenters. The third kappa shape index (κ3) is 3.12. The van der Waals surface area contributed by atoms with Crippen molar-refractivity contribution in [2.45, 2.75) is 0 Å². The van der Waals surface area contributed by atoms with Gasteiger partial charge in [0.15, 0.2) is 0 Å². The van der Waals surface area contributed by atoms with E-state index >= 15 is 0 Å². The average Bonchev–Trinajstić information content (AvgIpc) is 1.61. The Morgan fingerprint density at radius 3 is 2.83 bits per heavy atom. The molecule has 0 N–H and O–H groups in total. The molecule has 2 heteroatoms. The molecule has 0 aliphatic carbocycles. The Kier molecular flexibility index (Phi) is 3.52. The molecule has 0 aromatic heterocycles. The van der Waals surface area contributed by atoms with Crippen LogP contribution in [0.25, 0.3) is 0 Å². The summed E-state index contributed by atoms with van der Waals surface area (Å²) in [7, 11) is 0. The van der Waals surface area contributed by atoms with Crippen molar-refractivity contribution in [3.05, 3.63) is 23.3 Å². The van der Waals surface area contributed by atoms with Crippen molar-refractivity contribution in [3.63, 3.8) is 0 Å². The first-order chi connectivity index (χ1) is 2.91. The minimum absolute atomic E-state index is 0.184. The highest BCUT2D eigenvalue weighted by atomic mass is 16.3. The van der Waals surface area contributed by atoms with Gasteiger partial charge in [0.25, 0.3) is 0 Å². The van der Waals surface area contributed by atoms with E-state index < -0.39 is 0 Å². The largest absolute Gasteiger partial charge is 0.150 e. The molecule has 0 amide bonds. The first-order valence-corrected chi connectivity index (χ1v) is 1.55. The zero-order valence-electron chi connectivity index (χ0n) is 3.35. The normalized spacial score (nSPS) is 6.00. The highest BCUT2D eigenvalue weighted by molar-refractivity contribution is 4.77. The van der Waals surface area contributed by atoms with E-state index in [0.717, 1.165) is 0 Å². The molecule has 0 aliphatic heterocycles. The molecular weight excluding hydrogens is 78.0 g/mol. The van der Waals surface area contributed by atoms with E-state index in [1.54, 1.807) is 0 Å². The van der Waals surface area contributed by atoms with Crippen LogP contribution in [-0.2, 0) is 0 Å². The Hall–Kier alpha value is -0.880. The number of hydrogen-bond acceptors (Lipinski definition) is 2. The second-order valence-electron chi connectivity index (χ2n) is 0.720. The molecule has 0 radical (unpaired) electrons. The van der Waals surface area contributed by atoms with Gasteiger partial charge in [-0.2, -0.15) is 4.91 Å². The van der Waals surface area contributed by atoms with Crippen LogP contribution >= 0.6 is 0 Å². The summed E-state index contributed by atoms with van der Waals surface area (Å²) < 4.78 is 0. The van der Waals surface area contributed by atoms with Gasteiger partial charge >= 0.3 is 0 Å². The Morgan fingerprint density at radius 1 is 2.00 bits per heavy atom. The lowest BCUT2D eigenvalue weighted by atomic mass is 10.6. The molecule has 6 heavy (non-hydrogen) atoms. The molecule has 0 rings (SSSR count). The summed E-state index contributed by atoms with van der Waals surface area (Å²) in [5, 5.41) is 2.52. The van der Waals surface area contributed by atoms with Crippen LogP contribution in [0.1, 0.15) is 0 Å². The lowest BCUT2D eigenvalue weighted by Gasteiger charge is -1.60. The maximum absolute atomic E-state index is 9.21. The van der Waals surface area contributed by atoms with Crippen LogP contribution in [0.4, 0.5) is 0 Å². The fourth-order valence-electron chi connectivity index (χ4n) is 0.102. The lowest BCUT2D eigenvalue weighted by molar-refractivity contribution is 1.23. The summed E-state index contributed by atoms with van der Waals surface area (Å²) in [6, 6.07) is 0. The van der Waals surface area contributed by atoms with E-state index in [4.69, 9.17) is 0 Å². The van der Waals surface area contributed by atoms with E-state index in [1.807, 2.05) is 0 Å². The van der Waals surface area contributed by atoms with Gasteiger partial charge in [-0.1, -0.05) is 11.8 Å². The molecule has 0 saturated heterocycles. The SMILES string of the molecule is C=C=CCN=O. The van der Waals surface area contributed by atoms with Gasteiger partial charge in [0.05, 0.1) is 0 Å². The third-order valence-electron chi connectivity index (χ3n) is 0.310. The van der Waals surface area contributed by atoms with Gasteiger partial charge in [0.1, 0.15) is 6.54 Å². The van der Waals surface area contributed by atoms with Crippen LogP contribution in [0.15, 0.2) is 23.6 Å². The minimum Gasteiger partial charge on any atom is -0.150 e. The molecule has 0 saturated carbocycles. The summed E-state index contributed by atoms with van der Waals surface area (Å²) >= 11 is 0. The van der Waals surface area contributed by atoms with E-state index in [0.29, 0.717) is 0 Å². The summed E-state index contributed by atoms with van der Waals surface area (Å²) in [5.41, 5.74) is 2.40.